The summed E-state index contributed by atoms with van der Waals surface area (Å²) < 4.78 is 11.7. The molecule has 0 atom stereocenters. The molecule has 106 valence electrons. The van der Waals surface area contributed by atoms with E-state index in [0.29, 0.717) is 0 Å². The van der Waals surface area contributed by atoms with Crippen LogP contribution in [0.25, 0.3) is 10.9 Å². The molecule has 1 fully saturated rings. The van der Waals surface area contributed by atoms with Gasteiger partial charge in [-0.3, -0.25) is 4.98 Å². The topological polar surface area (TPSA) is 31.4 Å². The fraction of sp³-hybridized carbons (Fsp3) is 0.471. The summed E-state index contributed by atoms with van der Waals surface area (Å²) in [4.78, 5) is 4.39. The van der Waals surface area contributed by atoms with Gasteiger partial charge in [-0.2, -0.15) is 0 Å². The van der Waals surface area contributed by atoms with Crippen LogP contribution in [0.15, 0.2) is 30.5 Å². The lowest BCUT2D eigenvalue weighted by atomic mass is 9.86. The first kappa shape index (κ1) is 13.2. The lowest BCUT2D eigenvalue weighted by Crippen LogP contribution is -2.19. The molecule has 1 aliphatic carbocycles. The zero-order valence-corrected chi connectivity index (χ0v) is 12.1. The van der Waals surface area contributed by atoms with Gasteiger partial charge in [-0.05, 0) is 56.9 Å². The number of hydrogen-bond acceptors (Lipinski definition) is 3. The molecule has 0 aliphatic heterocycles. The smallest absolute Gasteiger partial charge is 0.130 e. The minimum Gasteiger partial charge on any atom is -0.493 e. The van der Waals surface area contributed by atoms with Crippen LogP contribution >= 0.6 is 0 Å². The number of rotatable bonds is 5. The number of ether oxygens (including phenoxy) is 2. The van der Waals surface area contributed by atoms with Gasteiger partial charge in [0.05, 0.1) is 18.2 Å². The van der Waals surface area contributed by atoms with E-state index in [1.807, 2.05) is 38.1 Å². The molecule has 0 unspecified atom stereocenters. The number of aromatic nitrogens is 1. The average molecular weight is 271 g/mol. The van der Waals surface area contributed by atoms with E-state index >= 15 is 0 Å². The second kappa shape index (κ2) is 5.70. The van der Waals surface area contributed by atoms with E-state index in [1.54, 1.807) is 6.20 Å². The Bertz CT molecular complexity index is 591. The Labute approximate surface area is 119 Å². The van der Waals surface area contributed by atoms with Gasteiger partial charge in [0.2, 0.25) is 0 Å². The molecule has 0 N–H and O–H groups in total. The summed E-state index contributed by atoms with van der Waals surface area (Å²) in [5.74, 6) is 2.51. The molecule has 2 aromatic rings. The minimum atomic E-state index is 0.170. The van der Waals surface area contributed by atoms with Gasteiger partial charge in [0, 0.05) is 11.6 Å². The standard InChI is InChI=1S/C17H21NO2/c1-12(2)20-14-6-7-16-15(10-14)17(8-9-18-16)19-11-13-4-3-5-13/h6-10,12-13H,3-5,11H2,1-2H3. The molecule has 3 heteroatoms. The highest BCUT2D eigenvalue weighted by Gasteiger charge is 2.18. The zero-order chi connectivity index (χ0) is 13.9. The van der Waals surface area contributed by atoms with Crippen molar-refractivity contribution in [3.63, 3.8) is 0 Å². The predicted molar refractivity (Wildman–Crippen MR) is 80.3 cm³/mol. The molecule has 0 bridgehead atoms. The molecule has 3 rings (SSSR count). The van der Waals surface area contributed by atoms with Crippen molar-refractivity contribution < 1.29 is 9.47 Å². The molecular weight excluding hydrogens is 250 g/mol. The number of pyridine rings is 1. The normalized spacial score (nSPS) is 15.3. The summed E-state index contributed by atoms with van der Waals surface area (Å²) >= 11 is 0. The molecule has 0 spiro atoms. The Morgan fingerprint density at radius 2 is 2.10 bits per heavy atom. The molecule has 0 saturated heterocycles. The monoisotopic (exact) mass is 271 g/mol. The van der Waals surface area contributed by atoms with E-state index in [4.69, 9.17) is 9.47 Å². The fourth-order valence-corrected chi connectivity index (χ4v) is 2.44. The Kier molecular flexibility index (Phi) is 3.77. The van der Waals surface area contributed by atoms with E-state index in [9.17, 15) is 0 Å². The van der Waals surface area contributed by atoms with Crippen LogP contribution in [0.4, 0.5) is 0 Å². The zero-order valence-electron chi connectivity index (χ0n) is 12.1. The second-order valence-electron chi connectivity index (χ2n) is 5.76. The number of benzene rings is 1. The Hall–Kier alpha value is -1.77. The van der Waals surface area contributed by atoms with Crippen LogP contribution in [0.3, 0.4) is 0 Å². The van der Waals surface area contributed by atoms with Crippen molar-refractivity contribution in [2.75, 3.05) is 6.61 Å². The number of fused-ring (bicyclic) bond motifs is 1. The summed E-state index contributed by atoms with van der Waals surface area (Å²) in [6.07, 6.45) is 5.91. The van der Waals surface area contributed by atoms with E-state index in [1.165, 1.54) is 19.3 Å². The van der Waals surface area contributed by atoms with E-state index < -0.39 is 0 Å². The highest BCUT2D eigenvalue weighted by molar-refractivity contribution is 5.86. The Morgan fingerprint density at radius 3 is 2.80 bits per heavy atom. The van der Waals surface area contributed by atoms with Crippen molar-refractivity contribution in [2.24, 2.45) is 5.92 Å². The summed E-state index contributed by atoms with van der Waals surface area (Å²) in [7, 11) is 0. The first-order valence-corrected chi connectivity index (χ1v) is 7.40. The van der Waals surface area contributed by atoms with Gasteiger partial charge in [-0.15, -0.1) is 0 Å². The molecule has 3 nitrogen and oxygen atoms in total. The molecule has 1 heterocycles. The van der Waals surface area contributed by atoms with Crippen LogP contribution in [-0.4, -0.2) is 17.7 Å². The third kappa shape index (κ3) is 2.87. The van der Waals surface area contributed by atoms with Gasteiger partial charge in [-0.25, -0.2) is 0 Å². The van der Waals surface area contributed by atoms with Crippen LogP contribution < -0.4 is 9.47 Å². The average Bonchev–Trinajstić information content (AvgIpc) is 2.36. The quantitative estimate of drug-likeness (QED) is 0.816. The highest BCUT2D eigenvalue weighted by atomic mass is 16.5. The lowest BCUT2D eigenvalue weighted by molar-refractivity contribution is 0.182. The van der Waals surface area contributed by atoms with Gasteiger partial charge < -0.3 is 9.47 Å². The molecule has 0 radical (unpaired) electrons. The molecule has 20 heavy (non-hydrogen) atoms. The van der Waals surface area contributed by atoms with Crippen LogP contribution in [-0.2, 0) is 0 Å². The first-order valence-electron chi connectivity index (χ1n) is 7.40. The second-order valence-corrected chi connectivity index (χ2v) is 5.76. The van der Waals surface area contributed by atoms with E-state index in [-0.39, 0.29) is 6.10 Å². The summed E-state index contributed by atoms with van der Waals surface area (Å²) in [6.45, 7) is 4.87. The Morgan fingerprint density at radius 1 is 1.25 bits per heavy atom. The van der Waals surface area contributed by atoms with Gasteiger partial charge in [0.15, 0.2) is 0 Å². The van der Waals surface area contributed by atoms with E-state index in [0.717, 1.165) is 34.9 Å². The van der Waals surface area contributed by atoms with E-state index in [2.05, 4.69) is 4.98 Å². The third-order valence-corrected chi connectivity index (χ3v) is 3.74. The fourth-order valence-electron chi connectivity index (χ4n) is 2.44. The SMILES string of the molecule is CC(C)Oc1ccc2nccc(OCC3CCC3)c2c1. The predicted octanol–water partition coefficient (Wildman–Crippen LogP) is 4.20. The maximum absolute atomic E-state index is 5.99. The van der Waals surface area contributed by atoms with Gasteiger partial charge in [-0.1, -0.05) is 6.42 Å². The van der Waals surface area contributed by atoms with Crippen LogP contribution in [0.2, 0.25) is 0 Å². The van der Waals surface area contributed by atoms with Crippen molar-refractivity contribution in [3.8, 4) is 11.5 Å². The van der Waals surface area contributed by atoms with Crippen LogP contribution in [0.5, 0.6) is 11.5 Å². The summed E-state index contributed by atoms with van der Waals surface area (Å²) in [5.41, 5.74) is 0.951. The maximum atomic E-state index is 5.99. The van der Waals surface area contributed by atoms with Crippen molar-refractivity contribution >= 4 is 10.9 Å². The molecule has 1 aromatic heterocycles. The van der Waals surface area contributed by atoms with Crippen LogP contribution in [0, 0.1) is 5.92 Å². The van der Waals surface area contributed by atoms with Crippen molar-refractivity contribution in [1.29, 1.82) is 0 Å². The first-order chi connectivity index (χ1) is 9.72. The van der Waals surface area contributed by atoms with Gasteiger partial charge in [0.25, 0.3) is 0 Å². The maximum Gasteiger partial charge on any atom is 0.130 e. The van der Waals surface area contributed by atoms with Crippen molar-refractivity contribution in [2.45, 2.75) is 39.2 Å². The lowest BCUT2D eigenvalue weighted by Gasteiger charge is -2.25. The summed E-state index contributed by atoms with van der Waals surface area (Å²) in [5, 5.41) is 1.03. The number of hydrogen-bond donors (Lipinski definition) is 0. The highest BCUT2D eigenvalue weighted by Crippen LogP contribution is 2.31. The molecule has 1 saturated carbocycles. The third-order valence-electron chi connectivity index (χ3n) is 3.74. The van der Waals surface area contributed by atoms with Gasteiger partial charge in [0.1, 0.15) is 11.5 Å². The van der Waals surface area contributed by atoms with Crippen molar-refractivity contribution in [3.05, 3.63) is 30.5 Å². The molecule has 1 aromatic carbocycles. The number of nitrogens with zero attached hydrogens (tertiary/aromatic N) is 1. The van der Waals surface area contributed by atoms with Crippen LogP contribution in [0.1, 0.15) is 33.1 Å². The molecular formula is C17H21NO2. The molecule has 0 amide bonds. The molecule has 1 aliphatic rings. The summed E-state index contributed by atoms with van der Waals surface area (Å²) in [6, 6.07) is 7.92. The van der Waals surface area contributed by atoms with Gasteiger partial charge >= 0.3 is 0 Å². The largest absolute Gasteiger partial charge is 0.493 e. The minimum absolute atomic E-state index is 0.170. The Balaban J connectivity index is 1.85. The van der Waals surface area contributed by atoms with Crippen molar-refractivity contribution in [1.82, 2.24) is 4.98 Å².